The van der Waals surface area contributed by atoms with Gasteiger partial charge in [0.15, 0.2) is 11.3 Å². The minimum Gasteiger partial charge on any atom is -0.380 e. The van der Waals surface area contributed by atoms with Crippen molar-refractivity contribution >= 4 is 45.9 Å². The van der Waals surface area contributed by atoms with Gasteiger partial charge in [0, 0.05) is 77.1 Å². The summed E-state index contributed by atoms with van der Waals surface area (Å²) in [7, 11) is 1.68. The van der Waals surface area contributed by atoms with Crippen LogP contribution in [-0.2, 0) is 21.4 Å². The van der Waals surface area contributed by atoms with Gasteiger partial charge in [-0.05, 0) is 62.6 Å². The lowest BCUT2D eigenvalue weighted by Crippen LogP contribution is -2.48. The highest BCUT2D eigenvalue weighted by atomic mass is 19.3. The minimum atomic E-state index is -2.86. The molecule has 4 saturated heterocycles. The number of ether oxygens (including phenoxy) is 1. The standard InChI is InChI=1S/C44H50F2N12O5/c1-52-38-29(4-2-6-33(38)58(43(52)62)34-11-12-36(59)50-42(34)61)5-3-15-53-18-20-54(21-19-53)23-28-7-9-30(10-8-28)57-24-32(37(51-57)39(45)46)48-41(60)31-22-47-56-16-13-35(49-40(31)56)55-17-14-44(25-55)26-63-27-44/h2,4,6,13,16,22,24,28,30,34,39H,7-12,14-15,17-21,23,25-27H2,1H3,(H,48,60)(H,50,59,61). The first-order valence-electron chi connectivity index (χ1n) is 21.9. The molecule has 1 saturated carbocycles. The molecular formula is C44H50F2N12O5. The molecule has 3 amide bonds. The summed E-state index contributed by atoms with van der Waals surface area (Å²) in [6, 6.07) is 6.60. The van der Waals surface area contributed by atoms with Crippen LogP contribution in [0.25, 0.3) is 16.7 Å². The van der Waals surface area contributed by atoms with Crippen LogP contribution in [0.5, 0.6) is 0 Å². The van der Waals surface area contributed by atoms with E-state index in [9.17, 15) is 28.0 Å². The van der Waals surface area contributed by atoms with Crippen molar-refractivity contribution in [3.8, 4) is 11.8 Å². The number of carbonyl (C=O) groups is 3. The van der Waals surface area contributed by atoms with Gasteiger partial charge in [-0.25, -0.2) is 23.1 Å². The molecule has 0 radical (unpaired) electrons. The van der Waals surface area contributed by atoms with E-state index in [0.717, 1.165) is 96.9 Å². The second-order valence-corrected chi connectivity index (χ2v) is 17.8. The third-order valence-corrected chi connectivity index (χ3v) is 13.7. The summed E-state index contributed by atoms with van der Waals surface area (Å²) in [4.78, 5) is 63.0. The number of hydrogen-bond donors (Lipinski definition) is 2. The molecule has 0 bridgehead atoms. The lowest BCUT2D eigenvalue weighted by Gasteiger charge is -2.37. The number of imide groups is 1. The first-order chi connectivity index (χ1) is 30.5. The summed E-state index contributed by atoms with van der Waals surface area (Å²) in [5, 5.41) is 13.6. The Balaban J connectivity index is 0.716. The van der Waals surface area contributed by atoms with Crippen molar-refractivity contribution in [2.45, 2.75) is 63.5 Å². The molecule has 1 aliphatic carbocycles. The van der Waals surface area contributed by atoms with Gasteiger partial charge in [-0.2, -0.15) is 10.2 Å². The van der Waals surface area contributed by atoms with Gasteiger partial charge in [-0.3, -0.25) is 38.4 Å². The highest BCUT2D eigenvalue weighted by molar-refractivity contribution is 6.08. The largest absolute Gasteiger partial charge is 0.380 e. The van der Waals surface area contributed by atoms with Crippen LogP contribution in [0.15, 0.2) is 47.7 Å². The van der Waals surface area contributed by atoms with Gasteiger partial charge < -0.3 is 19.9 Å². The number of aryl methyl sites for hydroxylation is 1. The predicted molar refractivity (Wildman–Crippen MR) is 228 cm³/mol. The molecule has 5 fully saturated rings. The highest BCUT2D eigenvalue weighted by Crippen LogP contribution is 2.39. The molecule has 19 heteroatoms. The minimum absolute atomic E-state index is 0.00630. The lowest BCUT2D eigenvalue weighted by molar-refractivity contribution is -0.135. The van der Waals surface area contributed by atoms with Gasteiger partial charge in [0.05, 0.1) is 54.3 Å². The number of anilines is 2. The molecule has 17 nitrogen and oxygen atoms in total. The van der Waals surface area contributed by atoms with Crippen molar-refractivity contribution in [3.63, 3.8) is 0 Å². The molecule has 1 aromatic carbocycles. The van der Waals surface area contributed by atoms with Gasteiger partial charge in [-0.15, -0.1) is 0 Å². The average Bonchev–Trinajstić information content (AvgIpc) is 4.06. The zero-order chi connectivity index (χ0) is 43.4. The Morgan fingerprint density at radius 3 is 2.56 bits per heavy atom. The zero-order valence-corrected chi connectivity index (χ0v) is 35.1. The van der Waals surface area contributed by atoms with Crippen molar-refractivity contribution in [3.05, 3.63) is 70.2 Å². The number of para-hydroxylation sites is 1. The Hall–Kier alpha value is -5.97. The maximum atomic E-state index is 14.3. The van der Waals surface area contributed by atoms with Crippen molar-refractivity contribution in [2.24, 2.45) is 18.4 Å². The fourth-order valence-electron chi connectivity index (χ4n) is 10.1. The van der Waals surface area contributed by atoms with E-state index in [1.54, 1.807) is 24.1 Å². The molecule has 1 spiro atoms. The molecule has 5 aliphatic rings. The Morgan fingerprint density at radius 2 is 1.83 bits per heavy atom. The van der Waals surface area contributed by atoms with Crippen molar-refractivity contribution in [1.29, 1.82) is 0 Å². The van der Waals surface area contributed by atoms with E-state index in [-0.39, 0.29) is 47.1 Å². The van der Waals surface area contributed by atoms with Crippen LogP contribution in [-0.4, -0.2) is 127 Å². The number of hydrogen-bond acceptors (Lipinski definition) is 11. The number of nitrogens with one attached hydrogen (secondary N) is 2. The van der Waals surface area contributed by atoms with E-state index >= 15 is 0 Å². The van der Waals surface area contributed by atoms with Crippen LogP contribution in [0, 0.1) is 23.2 Å². The van der Waals surface area contributed by atoms with Crippen molar-refractivity contribution < 1.29 is 27.9 Å². The molecule has 1 unspecified atom stereocenters. The van der Waals surface area contributed by atoms with Gasteiger partial charge in [0.1, 0.15) is 17.4 Å². The van der Waals surface area contributed by atoms with Crippen LogP contribution in [0.3, 0.4) is 0 Å². The highest BCUT2D eigenvalue weighted by Gasteiger charge is 2.45. The van der Waals surface area contributed by atoms with Crippen LogP contribution in [0.1, 0.15) is 85.1 Å². The van der Waals surface area contributed by atoms with Gasteiger partial charge in [0.25, 0.3) is 12.3 Å². The Bertz CT molecular complexity index is 2710. The maximum Gasteiger partial charge on any atom is 0.329 e. The van der Waals surface area contributed by atoms with Crippen molar-refractivity contribution in [1.82, 2.24) is 48.6 Å². The number of rotatable bonds is 9. The summed E-state index contributed by atoms with van der Waals surface area (Å²) in [6.07, 6.45) is 6.83. The second kappa shape index (κ2) is 16.6. The normalized spacial score (nSPS) is 23.0. The fraction of sp³-hybridized carbons (Fsp3) is 0.523. The molecule has 8 heterocycles. The number of imidazole rings is 1. The summed E-state index contributed by atoms with van der Waals surface area (Å²) < 4.78 is 40.2. The molecular weight excluding hydrogens is 815 g/mol. The summed E-state index contributed by atoms with van der Waals surface area (Å²) in [6.45, 7) is 8.29. The molecule has 4 aliphatic heterocycles. The Kier molecular flexibility index (Phi) is 10.8. The molecule has 5 aromatic rings. The number of piperidine rings is 1. The average molecular weight is 865 g/mol. The number of piperazine rings is 1. The zero-order valence-electron chi connectivity index (χ0n) is 35.1. The van der Waals surface area contributed by atoms with E-state index in [1.807, 2.05) is 24.3 Å². The van der Waals surface area contributed by atoms with E-state index in [4.69, 9.17) is 9.72 Å². The molecule has 10 rings (SSSR count). The van der Waals surface area contributed by atoms with Crippen LogP contribution < -0.4 is 21.2 Å². The van der Waals surface area contributed by atoms with Crippen LogP contribution >= 0.6 is 0 Å². The summed E-state index contributed by atoms with van der Waals surface area (Å²) in [5.74, 6) is 6.43. The lowest BCUT2D eigenvalue weighted by atomic mass is 9.85. The molecule has 63 heavy (non-hydrogen) atoms. The molecule has 4 aromatic heterocycles. The Labute approximate surface area is 361 Å². The van der Waals surface area contributed by atoms with Gasteiger partial charge in [-0.1, -0.05) is 17.9 Å². The molecule has 1 atom stereocenters. The number of benzene rings is 1. The number of nitrogens with zero attached hydrogens (tertiary/aromatic N) is 10. The van der Waals surface area contributed by atoms with E-state index in [1.165, 1.54) is 19.8 Å². The second-order valence-electron chi connectivity index (χ2n) is 17.8. The van der Waals surface area contributed by atoms with Crippen molar-refractivity contribution in [2.75, 3.05) is 75.8 Å². The maximum absolute atomic E-state index is 14.3. The number of halogens is 2. The molecule has 330 valence electrons. The Morgan fingerprint density at radius 1 is 1.03 bits per heavy atom. The monoisotopic (exact) mass is 864 g/mol. The fourth-order valence-corrected chi connectivity index (χ4v) is 10.1. The first kappa shape index (κ1) is 41.1. The third kappa shape index (κ3) is 7.88. The predicted octanol–water partition coefficient (Wildman–Crippen LogP) is 3.37. The first-order valence-corrected chi connectivity index (χ1v) is 21.9. The quantitative estimate of drug-likeness (QED) is 0.165. The van der Waals surface area contributed by atoms with Crippen LogP contribution in [0.2, 0.25) is 0 Å². The van der Waals surface area contributed by atoms with E-state index in [2.05, 4.69) is 47.4 Å². The van der Waals surface area contributed by atoms with Gasteiger partial charge in [0.2, 0.25) is 11.8 Å². The van der Waals surface area contributed by atoms with Crippen LogP contribution in [0.4, 0.5) is 20.3 Å². The number of amides is 3. The third-order valence-electron chi connectivity index (χ3n) is 13.7. The molecule has 2 N–H and O–H groups in total. The van der Waals surface area contributed by atoms with E-state index < -0.39 is 30.0 Å². The smallest absolute Gasteiger partial charge is 0.329 e. The SMILES string of the molecule is Cn1c(=O)n(C2CCC(=O)NC2=O)c2cccc(C#CCN3CCN(CC4CCC(n5cc(NC(=O)c6cnn7ccc(N8CCC9(COC9)C8)nc67)c(C(F)F)n5)CC4)CC3)c21. The number of carbonyl (C=O) groups excluding carboxylic acids is 3. The summed E-state index contributed by atoms with van der Waals surface area (Å²) >= 11 is 0. The number of fused-ring (bicyclic) bond motifs is 2. The number of aromatic nitrogens is 7. The van der Waals surface area contributed by atoms with Gasteiger partial charge >= 0.3 is 5.69 Å². The van der Waals surface area contributed by atoms with E-state index in [0.29, 0.717) is 34.7 Å². The number of alkyl halides is 2. The summed E-state index contributed by atoms with van der Waals surface area (Å²) in [5.41, 5.74) is 1.93. The topological polar surface area (TPSA) is 169 Å².